The van der Waals surface area contributed by atoms with Crippen LogP contribution < -0.4 is 10.6 Å². The first-order valence-corrected chi connectivity index (χ1v) is 6.80. The molecule has 3 nitrogen and oxygen atoms in total. The summed E-state index contributed by atoms with van der Waals surface area (Å²) in [5, 5.41) is 6.65. The SMILES string of the molecule is O=C(Nc1ccc(Br)cc1Cl)[C@@H]1CCCNC1. The van der Waals surface area contributed by atoms with Gasteiger partial charge in [-0.1, -0.05) is 27.5 Å². The Bertz CT molecular complexity index is 419. The quantitative estimate of drug-likeness (QED) is 0.880. The van der Waals surface area contributed by atoms with E-state index in [0.717, 1.165) is 30.4 Å². The van der Waals surface area contributed by atoms with Crippen molar-refractivity contribution in [3.63, 3.8) is 0 Å². The summed E-state index contributed by atoms with van der Waals surface area (Å²) in [6.07, 6.45) is 1.99. The standard InChI is InChI=1S/C12H14BrClN2O/c13-9-3-4-11(10(14)6-9)16-12(17)8-2-1-5-15-7-8/h3-4,6,8,15H,1-2,5,7H2,(H,16,17)/t8-/m1/s1. The topological polar surface area (TPSA) is 41.1 Å². The zero-order valence-electron chi connectivity index (χ0n) is 9.30. The minimum Gasteiger partial charge on any atom is -0.324 e. The highest BCUT2D eigenvalue weighted by molar-refractivity contribution is 9.10. The summed E-state index contributed by atoms with van der Waals surface area (Å²) in [4.78, 5) is 12.0. The van der Waals surface area contributed by atoms with Crippen molar-refractivity contribution in [1.82, 2.24) is 5.32 Å². The van der Waals surface area contributed by atoms with Gasteiger partial charge in [-0.15, -0.1) is 0 Å². The Morgan fingerprint density at radius 3 is 3.00 bits per heavy atom. The van der Waals surface area contributed by atoms with Gasteiger partial charge in [0.1, 0.15) is 0 Å². The van der Waals surface area contributed by atoms with Crippen molar-refractivity contribution in [2.24, 2.45) is 5.92 Å². The van der Waals surface area contributed by atoms with Gasteiger partial charge in [0.2, 0.25) is 5.91 Å². The number of halogens is 2. The maximum Gasteiger partial charge on any atom is 0.228 e. The molecular formula is C12H14BrClN2O. The van der Waals surface area contributed by atoms with Crippen LogP contribution in [0.25, 0.3) is 0 Å². The van der Waals surface area contributed by atoms with Gasteiger partial charge in [0.25, 0.3) is 0 Å². The molecule has 92 valence electrons. The monoisotopic (exact) mass is 316 g/mol. The van der Waals surface area contributed by atoms with Crippen molar-refractivity contribution in [2.45, 2.75) is 12.8 Å². The summed E-state index contributed by atoms with van der Waals surface area (Å²) in [6, 6.07) is 5.44. The predicted molar refractivity (Wildman–Crippen MR) is 73.4 cm³/mol. The average molecular weight is 318 g/mol. The molecule has 5 heteroatoms. The lowest BCUT2D eigenvalue weighted by molar-refractivity contribution is -0.120. The second-order valence-electron chi connectivity index (χ2n) is 4.16. The number of piperidine rings is 1. The zero-order chi connectivity index (χ0) is 12.3. The van der Waals surface area contributed by atoms with Gasteiger partial charge in [0, 0.05) is 11.0 Å². The van der Waals surface area contributed by atoms with Gasteiger partial charge in [-0.2, -0.15) is 0 Å². The normalized spacial score (nSPS) is 20.0. The molecule has 1 aromatic carbocycles. The molecule has 0 unspecified atom stereocenters. The van der Waals surface area contributed by atoms with Crippen molar-refractivity contribution < 1.29 is 4.79 Å². The fourth-order valence-corrected chi connectivity index (χ4v) is 2.62. The number of amides is 1. The summed E-state index contributed by atoms with van der Waals surface area (Å²) in [5.74, 6) is 0.0879. The zero-order valence-corrected chi connectivity index (χ0v) is 11.6. The second kappa shape index (κ2) is 5.85. The number of nitrogens with one attached hydrogen (secondary N) is 2. The average Bonchev–Trinajstić information content (AvgIpc) is 2.34. The molecule has 1 aliphatic heterocycles. The molecule has 1 amide bonds. The molecule has 17 heavy (non-hydrogen) atoms. The molecular weight excluding hydrogens is 304 g/mol. The lowest BCUT2D eigenvalue weighted by Crippen LogP contribution is -2.37. The summed E-state index contributed by atoms with van der Waals surface area (Å²) in [6.45, 7) is 1.75. The molecule has 0 aromatic heterocycles. The minimum absolute atomic E-state index is 0.0430. The number of carbonyl (C=O) groups is 1. The fraction of sp³-hybridized carbons (Fsp3) is 0.417. The Kier molecular flexibility index (Phi) is 4.42. The van der Waals surface area contributed by atoms with E-state index >= 15 is 0 Å². The molecule has 0 spiro atoms. The van der Waals surface area contributed by atoms with E-state index in [4.69, 9.17) is 11.6 Å². The van der Waals surface area contributed by atoms with E-state index < -0.39 is 0 Å². The molecule has 1 aliphatic rings. The number of rotatable bonds is 2. The third-order valence-electron chi connectivity index (χ3n) is 2.86. The summed E-state index contributed by atoms with van der Waals surface area (Å²) >= 11 is 9.38. The van der Waals surface area contributed by atoms with Crippen LogP contribution in [0.2, 0.25) is 5.02 Å². The van der Waals surface area contributed by atoms with Crippen molar-refractivity contribution in [2.75, 3.05) is 18.4 Å². The summed E-state index contributed by atoms with van der Waals surface area (Å²) in [7, 11) is 0. The van der Waals surface area contributed by atoms with Gasteiger partial charge in [-0.3, -0.25) is 4.79 Å². The first-order chi connectivity index (χ1) is 8.16. The first kappa shape index (κ1) is 12.9. The van der Waals surface area contributed by atoms with Crippen LogP contribution in [-0.2, 0) is 4.79 Å². The molecule has 1 atom stereocenters. The van der Waals surface area contributed by atoms with Crippen molar-refractivity contribution in [3.05, 3.63) is 27.7 Å². The van der Waals surface area contributed by atoms with Crippen LogP contribution in [0.4, 0.5) is 5.69 Å². The highest BCUT2D eigenvalue weighted by Crippen LogP contribution is 2.26. The molecule has 2 rings (SSSR count). The van der Waals surface area contributed by atoms with Crippen LogP contribution in [-0.4, -0.2) is 19.0 Å². The first-order valence-electron chi connectivity index (χ1n) is 5.63. The van der Waals surface area contributed by atoms with Gasteiger partial charge in [-0.25, -0.2) is 0 Å². The fourth-order valence-electron chi connectivity index (χ4n) is 1.90. The van der Waals surface area contributed by atoms with Crippen molar-refractivity contribution in [3.8, 4) is 0 Å². The largest absolute Gasteiger partial charge is 0.324 e. The van der Waals surface area contributed by atoms with E-state index in [1.54, 1.807) is 12.1 Å². The smallest absolute Gasteiger partial charge is 0.228 e. The van der Waals surface area contributed by atoms with Gasteiger partial charge in [-0.05, 0) is 37.6 Å². The molecule has 1 aromatic rings. The molecule has 0 saturated carbocycles. The maximum atomic E-state index is 12.0. The highest BCUT2D eigenvalue weighted by Gasteiger charge is 2.21. The van der Waals surface area contributed by atoms with E-state index in [2.05, 4.69) is 26.6 Å². The van der Waals surface area contributed by atoms with Crippen LogP contribution in [0.3, 0.4) is 0 Å². The molecule has 1 saturated heterocycles. The number of anilines is 1. The van der Waals surface area contributed by atoms with Gasteiger partial charge >= 0.3 is 0 Å². The van der Waals surface area contributed by atoms with E-state index in [1.807, 2.05) is 6.07 Å². The number of hydrogen-bond donors (Lipinski definition) is 2. The molecule has 0 bridgehead atoms. The van der Waals surface area contributed by atoms with E-state index in [9.17, 15) is 4.79 Å². The van der Waals surface area contributed by atoms with Crippen LogP contribution in [0.15, 0.2) is 22.7 Å². The van der Waals surface area contributed by atoms with Gasteiger partial charge in [0.15, 0.2) is 0 Å². The van der Waals surface area contributed by atoms with Crippen LogP contribution in [0, 0.1) is 5.92 Å². The van der Waals surface area contributed by atoms with E-state index in [-0.39, 0.29) is 11.8 Å². The Morgan fingerprint density at radius 1 is 1.53 bits per heavy atom. The molecule has 1 fully saturated rings. The minimum atomic E-state index is 0.0430. The second-order valence-corrected chi connectivity index (χ2v) is 5.48. The van der Waals surface area contributed by atoms with Crippen LogP contribution in [0.1, 0.15) is 12.8 Å². The van der Waals surface area contributed by atoms with Crippen LogP contribution >= 0.6 is 27.5 Å². The lowest BCUT2D eigenvalue weighted by atomic mass is 9.99. The van der Waals surface area contributed by atoms with Crippen LogP contribution in [0.5, 0.6) is 0 Å². The third-order valence-corrected chi connectivity index (χ3v) is 3.66. The van der Waals surface area contributed by atoms with E-state index in [0.29, 0.717) is 10.7 Å². The van der Waals surface area contributed by atoms with Gasteiger partial charge < -0.3 is 10.6 Å². The maximum absolute atomic E-state index is 12.0. The third kappa shape index (κ3) is 3.44. The Hall–Kier alpha value is -0.580. The van der Waals surface area contributed by atoms with E-state index in [1.165, 1.54) is 0 Å². The summed E-state index contributed by atoms with van der Waals surface area (Å²) in [5.41, 5.74) is 0.672. The molecule has 0 aliphatic carbocycles. The number of carbonyl (C=O) groups excluding carboxylic acids is 1. The number of hydrogen-bond acceptors (Lipinski definition) is 2. The van der Waals surface area contributed by atoms with Crippen molar-refractivity contribution >= 4 is 39.1 Å². The molecule has 1 heterocycles. The lowest BCUT2D eigenvalue weighted by Gasteiger charge is -2.22. The number of benzene rings is 1. The highest BCUT2D eigenvalue weighted by atomic mass is 79.9. The Labute approximate surface area is 114 Å². The molecule has 2 N–H and O–H groups in total. The summed E-state index contributed by atoms with van der Waals surface area (Å²) < 4.78 is 0.903. The predicted octanol–water partition coefficient (Wildman–Crippen LogP) is 3.04. The van der Waals surface area contributed by atoms with Crippen molar-refractivity contribution in [1.29, 1.82) is 0 Å². The van der Waals surface area contributed by atoms with Gasteiger partial charge in [0.05, 0.1) is 16.6 Å². The molecule has 0 radical (unpaired) electrons. The Morgan fingerprint density at radius 2 is 2.35 bits per heavy atom. The Balaban J connectivity index is 2.02.